The summed E-state index contributed by atoms with van der Waals surface area (Å²) in [5.74, 6) is 0.372. The fraction of sp³-hybridized carbons (Fsp3) is 0.548. The first-order valence-corrected chi connectivity index (χ1v) is 14.9. The fourth-order valence-corrected chi connectivity index (χ4v) is 5.49. The Morgan fingerprint density at radius 3 is 2.25 bits per heavy atom. The second kappa shape index (κ2) is 14.6. The van der Waals surface area contributed by atoms with E-state index in [1.54, 1.807) is 23.1 Å². The summed E-state index contributed by atoms with van der Waals surface area (Å²) in [5, 5.41) is 26.9. The van der Waals surface area contributed by atoms with Gasteiger partial charge in [0.15, 0.2) is 5.75 Å². The van der Waals surface area contributed by atoms with Gasteiger partial charge in [0.25, 0.3) is 0 Å². The van der Waals surface area contributed by atoms with Crippen molar-refractivity contribution in [3.63, 3.8) is 0 Å². The highest BCUT2D eigenvalue weighted by Crippen LogP contribution is 2.35. The quantitative estimate of drug-likeness (QED) is 0.220. The van der Waals surface area contributed by atoms with E-state index < -0.39 is 22.2 Å². The van der Waals surface area contributed by atoms with Gasteiger partial charge in [-0.25, -0.2) is 0 Å². The van der Waals surface area contributed by atoms with Crippen molar-refractivity contribution in [1.82, 2.24) is 4.90 Å². The smallest absolute Gasteiger partial charge is 0.417 e. The molecule has 44 heavy (non-hydrogen) atoms. The number of alkyl halides is 3. The van der Waals surface area contributed by atoms with Crippen molar-refractivity contribution in [3.05, 3.63) is 57.6 Å². The van der Waals surface area contributed by atoms with E-state index in [9.17, 15) is 28.1 Å². The van der Waals surface area contributed by atoms with Crippen LogP contribution in [0.4, 0.5) is 30.2 Å². The van der Waals surface area contributed by atoms with E-state index in [1.807, 2.05) is 13.8 Å². The second-order valence-corrected chi connectivity index (χ2v) is 11.7. The minimum atomic E-state index is -4.61. The number of anilines is 2. The van der Waals surface area contributed by atoms with Gasteiger partial charge in [-0.05, 0) is 68.7 Å². The molecule has 2 fully saturated rings. The van der Waals surface area contributed by atoms with Crippen LogP contribution in [0.25, 0.3) is 0 Å². The number of nitrogens with zero attached hydrogens (tertiary/aromatic N) is 3. The Morgan fingerprint density at radius 1 is 1.05 bits per heavy atom. The first kappa shape index (κ1) is 32.9. The Morgan fingerprint density at radius 2 is 1.66 bits per heavy atom. The van der Waals surface area contributed by atoms with Gasteiger partial charge in [0.2, 0.25) is 5.91 Å². The lowest BCUT2D eigenvalue weighted by Gasteiger charge is -2.34. The van der Waals surface area contributed by atoms with E-state index in [2.05, 4.69) is 10.6 Å². The van der Waals surface area contributed by atoms with Gasteiger partial charge in [0.05, 0.1) is 34.8 Å². The highest BCUT2D eigenvalue weighted by Gasteiger charge is 2.34. The number of piperidine rings is 1. The molecular formula is C31H38F3N5O5. The molecule has 2 aliphatic rings. The number of benzene rings is 2. The third-order valence-electron chi connectivity index (χ3n) is 7.88. The molecule has 2 N–H and O–H groups in total. The molecule has 1 aliphatic carbocycles. The minimum Gasteiger partial charge on any atom is -0.486 e. The van der Waals surface area contributed by atoms with Gasteiger partial charge in [-0.1, -0.05) is 13.8 Å². The molecule has 2 aromatic rings. The number of hydrogen-bond donors (Lipinski definition) is 2. The third-order valence-corrected chi connectivity index (χ3v) is 7.88. The van der Waals surface area contributed by atoms with Crippen LogP contribution < -0.4 is 15.4 Å². The number of carbonyl (C=O) groups excluding carboxylic acids is 1. The maximum absolute atomic E-state index is 13.3. The van der Waals surface area contributed by atoms with Gasteiger partial charge in [-0.2, -0.15) is 18.4 Å². The summed E-state index contributed by atoms with van der Waals surface area (Å²) in [6.07, 6.45) is -0.549. The highest BCUT2D eigenvalue weighted by molar-refractivity contribution is 5.77. The van der Waals surface area contributed by atoms with Crippen molar-refractivity contribution in [3.8, 4) is 11.8 Å². The second-order valence-electron chi connectivity index (χ2n) is 11.7. The molecule has 0 unspecified atom stereocenters. The number of hydrogen-bond acceptors (Lipinski definition) is 8. The summed E-state index contributed by atoms with van der Waals surface area (Å²) in [7, 11) is 0. The number of amides is 1. The summed E-state index contributed by atoms with van der Waals surface area (Å²) in [4.78, 5) is 25.5. The lowest BCUT2D eigenvalue weighted by Crippen LogP contribution is -2.44. The molecule has 0 aromatic heterocycles. The summed E-state index contributed by atoms with van der Waals surface area (Å²) in [6.45, 7) is 5.41. The lowest BCUT2D eigenvalue weighted by molar-refractivity contribution is -0.385. The molecule has 1 aliphatic heterocycles. The molecule has 2 aromatic carbocycles. The average Bonchev–Trinajstić information content (AvgIpc) is 2.99. The fourth-order valence-electron chi connectivity index (χ4n) is 5.49. The van der Waals surface area contributed by atoms with Crippen LogP contribution in [0.1, 0.15) is 63.5 Å². The summed E-state index contributed by atoms with van der Waals surface area (Å²) < 4.78 is 51.4. The Bertz CT molecular complexity index is 1350. The van der Waals surface area contributed by atoms with E-state index in [-0.39, 0.29) is 48.1 Å². The molecule has 13 heteroatoms. The number of rotatable bonds is 11. The number of halogens is 3. The number of likely N-dealkylation sites (tertiary alicyclic amines) is 1. The normalized spacial score (nSPS) is 19.3. The highest BCUT2D eigenvalue weighted by atomic mass is 19.4. The van der Waals surface area contributed by atoms with Crippen LogP contribution in [0.2, 0.25) is 0 Å². The number of nitriles is 1. The topological polar surface area (TPSA) is 130 Å². The van der Waals surface area contributed by atoms with Crippen molar-refractivity contribution in [1.29, 1.82) is 5.26 Å². The molecule has 1 saturated heterocycles. The van der Waals surface area contributed by atoms with Crippen molar-refractivity contribution in [2.75, 3.05) is 36.9 Å². The number of nitro groups is 1. The number of nitro benzene ring substituents is 1. The van der Waals surface area contributed by atoms with Crippen LogP contribution in [-0.4, -0.2) is 60.2 Å². The SMILES string of the molecule is CC(C)COc1cc(NC2CCN(C(=O)CO[C@H]3CC[C@H](Nc4ccc(C#N)c(C(F)(F)F)c4)CC3)CC2)ccc1[N+](=O)[O-]. The molecule has 1 amide bonds. The predicted octanol–water partition coefficient (Wildman–Crippen LogP) is 6.36. The van der Waals surface area contributed by atoms with Crippen LogP contribution in [0, 0.1) is 27.4 Å². The monoisotopic (exact) mass is 617 g/mol. The standard InChI is InChI=1S/C31H38F3N5O5/c1-20(2)18-44-29-16-25(7-10-28(29)39(41)42)37-23-11-13-38(14-12-23)30(40)19-43-26-8-5-22(6-9-26)36-24-4-3-21(17-35)27(15-24)31(32,33)34/h3-4,7,10,15-16,20,22-23,26,36-37H,5-6,8-9,11-14,18-19H2,1-2H3/t22-,26-. The molecule has 0 spiro atoms. The number of nitrogens with one attached hydrogen (secondary N) is 2. The van der Waals surface area contributed by atoms with E-state index in [1.165, 1.54) is 18.2 Å². The van der Waals surface area contributed by atoms with Crippen molar-refractivity contribution in [2.24, 2.45) is 5.92 Å². The Labute approximate surface area is 254 Å². The van der Waals surface area contributed by atoms with E-state index >= 15 is 0 Å². The van der Waals surface area contributed by atoms with Crippen molar-refractivity contribution in [2.45, 2.75) is 76.7 Å². The third kappa shape index (κ3) is 8.98. The van der Waals surface area contributed by atoms with Crippen LogP contribution in [-0.2, 0) is 15.7 Å². The zero-order chi connectivity index (χ0) is 31.9. The van der Waals surface area contributed by atoms with Crippen molar-refractivity contribution >= 4 is 23.0 Å². The lowest BCUT2D eigenvalue weighted by atomic mass is 9.92. The Hall–Kier alpha value is -4.05. The molecule has 0 bridgehead atoms. The Kier molecular flexibility index (Phi) is 10.9. The van der Waals surface area contributed by atoms with Crippen molar-refractivity contribution < 1.29 is 32.4 Å². The van der Waals surface area contributed by atoms with E-state index in [4.69, 9.17) is 14.7 Å². The minimum absolute atomic E-state index is 0.0235. The van der Waals surface area contributed by atoms with Gasteiger partial charge < -0.3 is 25.0 Å². The van der Waals surface area contributed by atoms with Gasteiger partial charge >= 0.3 is 11.9 Å². The number of carbonyl (C=O) groups is 1. The van der Waals surface area contributed by atoms with Gasteiger partial charge in [0.1, 0.15) is 6.61 Å². The first-order valence-electron chi connectivity index (χ1n) is 14.9. The molecule has 0 radical (unpaired) electrons. The molecule has 0 atom stereocenters. The van der Waals surface area contributed by atoms with Crippen LogP contribution in [0.5, 0.6) is 5.75 Å². The summed E-state index contributed by atoms with van der Waals surface area (Å²) in [5.41, 5.74) is -0.384. The number of ether oxygens (including phenoxy) is 2. The molecule has 1 heterocycles. The van der Waals surface area contributed by atoms with E-state index in [0.29, 0.717) is 63.9 Å². The van der Waals surface area contributed by atoms with Gasteiger partial charge in [-0.3, -0.25) is 14.9 Å². The molecule has 4 rings (SSSR count). The Balaban J connectivity index is 1.18. The zero-order valence-corrected chi connectivity index (χ0v) is 24.9. The molecular weight excluding hydrogens is 579 g/mol. The first-order chi connectivity index (χ1) is 20.9. The zero-order valence-electron chi connectivity index (χ0n) is 24.9. The van der Waals surface area contributed by atoms with Gasteiger partial charge in [-0.15, -0.1) is 0 Å². The molecule has 1 saturated carbocycles. The molecule has 238 valence electrons. The molecule has 10 nitrogen and oxygen atoms in total. The average molecular weight is 618 g/mol. The maximum atomic E-state index is 13.3. The largest absolute Gasteiger partial charge is 0.486 e. The maximum Gasteiger partial charge on any atom is 0.417 e. The van der Waals surface area contributed by atoms with Crippen LogP contribution in [0.3, 0.4) is 0 Å². The van der Waals surface area contributed by atoms with Gasteiger partial charge in [0, 0.05) is 48.7 Å². The van der Waals surface area contributed by atoms with E-state index in [0.717, 1.165) is 11.8 Å². The van der Waals surface area contributed by atoms with Crippen LogP contribution in [0.15, 0.2) is 36.4 Å². The predicted molar refractivity (Wildman–Crippen MR) is 158 cm³/mol. The summed E-state index contributed by atoms with van der Waals surface area (Å²) >= 11 is 0. The van der Waals surface area contributed by atoms with Crippen LogP contribution >= 0.6 is 0 Å². The summed E-state index contributed by atoms with van der Waals surface area (Å²) in [6, 6.07) is 10.1.